The number of nitrogens with one attached hydrogen (secondary N) is 2. The van der Waals surface area contributed by atoms with Gasteiger partial charge in [-0.05, 0) is 12.3 Å². The van der Waals surface area contributed by atoms with Gasteiger partial charge in [0.15, 0.2) is 0 Å². The van der Waals surface area contributed by atoms with Crippen molar-refractivity contribution < 1.29 is 14.7 Å². The van der Waals surface area contributed by atoms with Gasteiger partial charge in [-0.1, -0.05) is 13.8 Å². The average molecular weight is 251 g/mol. The number of amides is 1. The fourth-order valence-corrected chi connectivity index (χ4v) is 2.47. The number of carboxylic acid groups (broad SMARTS) is 1. The zero-order valence-corrected chi connectivity index (χ0v) is 10.6. The van der Waals surface area contributed by atoms with Gasteiger partial charge in [0.25, 0.3) is 0 Å². The first kappa shape index (κ1) is 12.6. The molecular formula is C12H17N3O3. The molecule has 0 bridgehead atoms. The summed E-state index contributed by atoms with van der Waals surface area (Å²) in [6.45, 7) is 5.45. The molecule has 98 valence electrons. The molecule has 6 nitrogen and oxygen atoms in total. The summed E-state index contributed by atoms with van der Waals surface area (Å²) in [5, 5.41) is 18.3. The largest absolute Gasteiger partial charge is 0.481 e. The molecule has 18 heavy (non-hydrogen) atoms. The van der Waals surface area contributed by atoms with Gasteiger partial charge in [0.2, 0.25) is 5.91 Å². The zero-order valence-electron chi connectivity index (χ0n) is 10.6. The van der Waals surface area contributed by atoms with Gasteiger partial charge in [-0.2, -0.15) is 5.10 Å². The molecule has 1 saturated carbocycles. The number of nitrogens with zero attached hydrogens (tertiary/aromatic N) is 1. The highest BCUT2D eigenvalue weighted by molar-refractivity contribution is 5.91. The van der Waals surface area contributed by atoms with Crippen molar-refractivity contribution in [2.24, 2.45) is 17.3 Å². The summed E-state index contributed by atoms with van der Waals surface area (Å²) in [7, 11) is 0. The highest BCUT2D eigenvalue weighted by Crippen LogP contribution is 2.58. The molecule has 0 radical (unpaired) electrons. The Bertz CT molecular complexity index is 467. The van der Waals surface area contributed by atoms with E-state index < -0.39 is 23.2 Å². The average Bonchev–Trinajstić information content (AvgIpc) is 2.67. The standard InChI is InChI=1S/C12H17N3O3/c1-6(7-4-13-14-5-7)15-10(16)8-9(11(17)18)12(8,2)3/h4-6,8-9H,1-3H3,(H,13,14)(H,15,16)(H,17,18)/t6?,8-,9+/m0/s1. The first-order chi connectivity index (χ1) is 8.35. The Kier molecular flexibility index (Phi) is 2.88. The Morgan fingerprint density at radius 2 is 2.17 bits per heavy atom. The fraction of sp³-hybridized carbons (Fsp3) is 0.583. The molecule has 0 spiro atoms. The van der Waals surface area contributed by atoms with Crippen LogP contribution in [-0.4, -0.2) is 27.2 Å². The number of hydrogen-bond donors (Lipinski definition) is 3. The Labute approximate surface area is 105 Å². The van der Waals surface area contributed by atoms with E-state index in [0.717, 1.165) is 5.56 Å². The van der Waals surface area contributed by atoms with E-state index in [0.29, 0.717) is 0 Å². The summed E-state index contributed by atoms with van der Waals surface area (Å²) >= 11 is 0. The number of hydrogen-bond acceptors (Lipinski definition) is 3. The third-order valence-electron chi connectivity index (χ3n) is 3.75. The monoisotopic (exact) mass is 251 g/mol. The molecule has 1 amide bonds. The Hall–Kier alpha value is -1.85. The van der Waals surface area contributed by atoms with Crippen molar-refractivity contribution in [1.29, 1.82) is 0 Å². The van der Waals surface area contributed by atoms with Crippen LogP contribution in [0.3, 0.4) is 0 Å². The van der Waals surface area contributed by atoms with E-state index in [4.69, 9.17) is 5.11 Å². The maximum absolute atomic E-state index is 12.0. The lowest BCUT2D eigenvalue weighted by Crippen LogP contribution is -2.29. The minimum atomic E-state index is -0.906. The predicted molar refractivity (Wildman–Crippen MR) is 63.5 cm³/mol. The van der Waals surface area contributed by atoms with Gasteiger partial charge in [0, 0.05) is 11.8 Å². The van der Waals surface area contributed by atoms with Gasteiger partial charge >= 0.3 is 5.97 Å². The molecule has 0 aromatic carbocycles. The number of aromatic amines is 1. The molecule has 3 atom stereocenters. The maximum atomic E-state index is 12.0. The van der Waals surface area contributed by atoms with E-state index >= 15 is 0 Å². The molecular weight excluding hydrogens is 234 g/mol. The molecule has 0 saturated heterocycles. The molecule has 0 aliphatic heterocycles. The van der Waals surface area contributed by atoms with Crippen molar-refractivity contribution in [3.63, 3.8) is 0 Å². The molecule has 1 aromatic rings. The smallest absolute Gasteiger partial charge is 0.307 e. The molecule has 1 aliphatic carbocycles. The van der Waals surface area contributed by atoms with Crippen molar-refractivity contribution in [3.05, 3.63) is 18.0 Å². The number of carboxylic acids is 1. The van der Waals surface area contributed by atoms with E-state index in [1.807, 2.05) is 6.92 Å². The Balaban J connectivity index is 2.00. The summed E-state index contributed by atoms with van der Waals surface area (Å²) in [4.78, 5) is 23.0. The lowest BCUT2D eigenvalue weighted by molar-refractivity contribution is -0.140. The van der Waals surface area contributed by atoms with Crippen LogP contribution >= 0.6 is 0 Å². The van der Waals surface area contributed by atoms with Crippen LogP contribution in [0, 0.1) is 17.3 Å². The van der Waals surface area contributed by atoms with Crippen molar-refractivity contribution in [2.75, 3.05) is 0 Å². The molecule has 1 heterocycles. The van der Waals surface area contributed by atoms with Crippen LogP contribution in [0.4, 0.5) is 0 Å². The highest BCUT2D eigenvalue weighted by Gasteiger charge is 2.65. The second-order valence-corrected chi connectivity index (χ2v) is 5.38. The summed E-state index contributed by atoms with van der Waals surface area (Å²) in [6.07, 6.45) is 3.34. The number of aromatic nitrogens is 2. The fourth-order valence-electron chi connectivity index (χ4n) is 2.47. The molecule has 1 aliphatic rings. The third-order valence-corrected chi connectivity index (χ3v) is 3.75. The predicted octanol–water partition coefficient (Wildman–Crippen LogP) is 0.944. The van der Waals surface area contributed by atoms with Crippen molar-refractivity contribution in [2.45, 2.75) is 26.8 Å². The quantitative estimate of drug-likeness (QED) is 0.742. The molecule has 1 fully saturated rings. The number of H-pyrrole nitrogens is 1. The minimum absolute atomic E-state index is 0.179. The zero-order chi connectivity index (χ0) is 13.5. The van der Waals surface area contributed by atoms with E-state index in [1.165, 1.54) is 0 Å². The van der Waals surface area contributed by atoms with Crippen LogP contribution in [-0.2, 0) is 9.59 Å². The SMILES string of the molecule is CC(NC(=O)[C@@H]1[C@H](C(=O)O)C1(C)C)c1cn[nH]c1. The summed E-state index contributed by atoms with van der Waals surface area (Å²) in [5.74, 6) is -2.16. The number of aliphatic carboxylic acids is 1. The Morgan fingerprint density at radius 3 is 2.61 bits per heavy atom. The van der Waals surface area contributed by atoms with E-state index in [9.17, 15) is 9.59 Å². The first-order valence-corrected chi connectivity index (χ1v) is 5.87. The normalized spacial score (nSPS) is 26.4. The van der Waals surface area contributed by atoms with E-state index in [-0.39, 0.29) is 11.9 Å². The van der Waals surface area contributed by atoms with E-state index in [2.05, 4.69) is 15.5 Å². The van der Waals surface area contributed by atoms with Gasteiger partial charge in [-0.25, -0.2) is 0 Å². The van der Waals surface area contributed by atoms with Gasteiger partial charge in [0.1, 0.15) is 0 Å². The van der Waals surface area contributed by atoms with E-state index in [1.54, 1.807) is 26.2 Å². The number of carbonyl (C=O) groups excluding carboxylic acids is 1. The summed E-state index contributed by atoms with van der Waals surface area (Å²) in [6, 6.07) is -0.179. The molecule has 2 rings (SSSR count). The lowest BCUT2D eigenvalue weighted by atomic mass is 10.1. The van der Waals surface area contributed by atoms with Gasteiger partial charge in [0.05, 0.1) is 24.1 Å². The highest BCUT2D eigenvalue weighted by atomic mass is 16.4. The van der Waals surface area contributed by atoms with Crippen LogP contribution in [0.15, 0.2) is 12.4 Å². The topological polar surface area (TPSA) is 95.1 Å². The van der Waals surface area contributed by atoms with Gasteiger partial charge < -0.3 is 10.4 Å². The van der Waals surface area contributed by atoms with Crippen LogP contribution in [0.2, 0.25) is 0 Å². The molecule has 6 heteroatoms. The van der Waals surface area contributed by atoms with Crippen LogP contribution in [0.5, 0.6) is 0 Å². The second kappa shape index (κ2) is 4.12. The van der Waals surface area contributed by atoms with Gasteiger partial charge in [-0.3, -0.25) is 14.7 Å². The number of rotatable bonds is 4. The van der Waals surface area contributed by atoms with Crippen molar-refractivity contribution in [3.8, 4) is 0 Å². The molecule has 1 aromatic heterocycles. The van der Waals surface area contributed by atoms with Crippen LogP contribution < -0.4 is 5.32 Å². The lowest BCUT2D eigenvalue weighted by Gasteiger charge is -2.12. The van der Waals surface area contributed by atoms with Crippen LogP contribution in [0.1, 0.15) is 32.4 Å². The second-order valence-electron chi connectivity index (χ2n) is 5.38. The molecule has 3 N–H and O–H groups in total. The summed E-state index contributed by atoms with van der Waals surface area (Å²) in [5.41, 5.74) is 0.403. The molecule has 1 unspecified atom stereocenters. The Morgan fingerprint density at radius 1 is 1.50 bits per heavy atom. The first-order valence-electron chi connectivity index (χ1n) is 5.87. The minimum Gasteiger partial charge on any atom is -0.481 e. The van der Waals surface area contributed by atoms with Crippen molar-refractivity contribution >= 4 is 11.9 Å². The summed E-state index contributed by atoms with van der Waals surface area (Å²) < 4.78 is 0. The van der Waals surface area contributed by atoms with Crippen LogP contribution in [0.25, 0.3) is 0 Å². The third kappa shape index (κ3) is 1.98. The van der Waals surface area contributed by atoms with Gasteiger partial charge in [-0.15, -0.1) is 0 Å². The van der Waals surface area contributed by atoms with Crippen molar-refractivity contribution in [1.82, 2.24) is 15.5 Å². The number of carbonyl (C=O) groups is 2. The maximum Gasteiger partial charge on any atom is 0.307 e.